The average molecular weight is 526 g/mol. The molecule has 8 nitrogen and oxygen atoms in total. The van der Waals surface area contributed by atoms with Crippen LogP contribution < -0.4 is 22.3 Å². The van der Waals surface area contributed by atoms with Crippen molar-refractivity contribution in [1.29, 1.82) is 0 Å². The highest BCUT2D eigenvalue weighted by atomic mass is 79.9. The van der Waals surface area contributed by atoms with Crippen molar-refractivity contribution in [2.75, 3.05) is 31.5 Å². The number of quaternary nitrogens is 1. The molecule has 2 aromatic heterocycles. The fraction of sp³-hybridized carbons (Fsp3) is 0.591. The number of aryl methyl sites for hydroxylation is 1. The van der Waals surface area contributed by atoms with Crippen LogP contribution in [0.2, 0.25) is 0 Å². The first-order chi connectivity index (χ1) is 14.9. The number of nitrogens with one attached hydrogen (secondary N) is 1. The SMILES string of the molecule is Cc1cc(NC(=O)C[N+]23CCC(CC2)[C@@H](OC(=O)C(O)(c2cccs2)C2CC2)C3)no1.[Br-]. The molecule has 0 spiro atoms. The zero-order chi connectivity index (χ0) is 21.6. The van der Waals surface area contributed by atoms with E-state index in [2.05, 4.69) is 10.5 Å². The Morgan fingerprint density at radius 2 is 2.09 bits per heavy atom. The summed E-state index contributed by atoms with van der Waals surface area (Å²) in [6.07, 6.45) is 3.21. The number of carbonyl (C=O) groups excluding carboxylic acids is 2. The van der Waals surface area contributed by atoms with Gasteiger partial charge in [-0.1, -0.05) is 11.2 Å². The molecule has 1 saturated carbocycles. The smallest absolute Gasteiger partial charge is 0.344 e. The Labute approximate surface area is 201 Å². The van der Waals surface area contributed by atoms with E-state index in [1.165, 1.54) is 11.3 Å². The van der Waals surface area contributed by atoms with E-state index in [-0.39, 0.29) is 40.8 Å². The van der Waals surface area contributed by atoms with E-state index in [1.54, 1.807) is 13.0 Å². The third kappa shape index (κ3) is 4.37. The molecule has 174 valence electrons. The summed E-state index contributed by atoms with van der Waals surface area (Å²) in [5.74, 6) is 0.628. The highest BCUT2D eigenvalue weighted by Gasteiger charge is 2.55. The van der Waals surface area contributed by atoms with Crippen LogP contribution >= 0.6 is 11.3 Å². The van der Waals surface area contributed by atoms with Gasteiger partial charge in [-0.25, -0.2) is 4.79 Å². The standard InChI is InChI=1S/C22H27N3O5S.BrH/c1-14-11-19(24-30-14)23-20(26)13-25-8-6-15(7-9-25)17(12-25)29-21(27)22(28,16-4-5-16)18-3-2-10-31-18;/h2-3,10-11,15-17,28H,4-9,12-13H2,1H3;1H/t15?,17-,22?,25?;/m0./s1. The molecule has 6 rings (SSSR count). The number of fused-ring (bicyclic) bond motifs is 3. The maximum absolute atomic E-state index is 13.2. The number of thiophene rings is 1. The van der Waals surface area contributed by atoms with E-state index in [0.29, 0.717) is 34.0 Å². The van der Waals surface area contributed by atoms with Gasteiger partial charge in [-0.05, 0) is 31.2 Å². The Hall–Kier alpha value is -1.75. The molecular formula is C22H28BrN3O5S. The van der Waals surface area contributed by atoms with Crippen LogP contribution in [0.1, 0.15) is 36.3 Å². The minimum absolute atomic E-state index is 0. The zero-order valence-electron chi connectivity index (χ0n) is 18.0. The lowest BCUT2D eigenvalue weighted by Crippen LogP contribution is -3.00. The Morgan fingerprint density at radius 1 is 1.34 bits per heavy atom. The second-order valence-corrected chi connectivity index (χ2v) is 10.2. The summed E-state index contributed by atoms with van der Waals surface area (Å²) < 4.78 is 11.6. The van der Waals surface area contributed by atoms with Crippen molar-refractivity contribution >= 4 is 29.0 Å². The fourth-order valence-electron chi connectivity index (χ4n) is 5.18. The topological polar surface area (TPSA) is 102 Å². The molecule has 3 saturated heterocycles. The van der Waals surface area contributed by atoms with Gasteiger partial charge in [-0.3, -0.25) is 4.79 Å². The summed E-state index contributed by atoms with van der Waals surface area (Å²) >= 11 is 1.39. The molecule has 2 atom stereocenters. The number of aromatic nitrogens is 1. The van der Waals surface area contributed by atoms with Crippen molar-refractivity contribution in [1.82, 2.24) is 5.16 Å². The number of ether oxygens (including phenoxy) is 1. The number of hydrogen-bond acceptors (Lipinski definition) is 7. The van der Waals surface area contributed by atoms with Gasteiger partial charge in [-0.15, -0.1) is 11.3 Å². The average Bonchev–Trinajstić information content (AvgIpc) is 3.30. The van der Waals surface area contributed by atoms with Gasteiger partial charge in [0.05, 0.1) is 13.1 Å². The molecule has 3 aliphatic heterocycles. The van der Waals surface area contributed by atoms with Crippen molar-refractivity contribution in [2.24, 2.45) is 11.8 Å². The van der Waals surface area contributed by atoms with Crippen LogP contribution in [-0.2, 0) is 19.9 Å². The number of carbonyl (C=O) groups is 2. The Balaban J connectivity index is 0.00000245. The predicted molar refractivity (Wildman–Crippen MR) is 113 cm³/mol. The van der Waals surface area contributed by atoms with Gasteiger partial charge in [0, 0.05) is 35.6 Å². The van der Waals surface area contributed by atoms with Gasteiger partial charge in [-0.2, -0.15) is 0 Å². The summed E-state index contributed by atoms with van der Waals surface area (Å²) in [5, 5.41) is 19.8. The van der Waals surface area contributed by atoms with E-state index in [1.807, 2.05) is 17.5 Å². The van der Waals surface area contributed by atoms with Crippen LogP contribution in [-0.4, -0.2) is 58.9 Å². The van der Waals surface area contributed by atoms with Crippen molar-refractivity contribution < 1.29 is 45.4 Å². The first kappa shape index (κ1) is 23.4. The number of amides is 1. The lowest BCUT2D eigenvalue weighted by Gasteiger charge is -2.51. The minimum Gasteiger partial charge on any atom is -1.00 e. The molecule has 1 amide bonds. The number of aliphatic hydroxyl groups is 1. The molecule has 1 unspecified atom stereocenters. The van der Waals surface area contributed by atoms with Crippen LogP contribution in [0.3, 0.4) is 0 Å². The maximum atomic E-state index is 13.2. The summed E-state index contributed by atoms with van der Waals surface area (Å²) in [5.41, 5.74) is -1.55. The van der Waals surface area contributed by atoms with E-state index >= 15 is 0 Å². The largest absolute Gasteiger partial charge is 1.00 e. The highest BCUT2D eigenvalue weighted by molar-refractivity contribution is 7.10. The molecule has 10 heteroatoms. The molecule has 2 aromatic rings. The van der Waals surface area contributed by atoms with Gasteiger partial charge >= 0.3 is 5.97 Å². The first-order valence-electron chi connectivity index (χ1n) is 10.9. The van der Waals surface area contributed by atoms with Gasteiger partial charge in [0.1, 0.15) is 12.3 Å². The second-order valence-electron chi connectivity index (χ2n) is 9.30. The van der Waals surface area contributed by atoms with Crippen molar-refractivity contribution in [3.8, 4) is 0 Å². The lowest BCUT2D eigenvalue weighted by molar-refractivity contribution is -0.939. The summed E-state index contributed by atoms with van der Waals surface area (Å²) in [6.45, 7) is 4.47. The number of halogens is 1. The summed E-state index contributed by atoms with van der Waals surface area (Å²) in [7, 11) is 0. The van der Waals surface area contributed by atoms with Crippen molar-refractivity contribution in [2.45, 2.75) is 44.3 Å². The van der Waals surface area contributed by atoms with Crippen LogP contribution in [0.4, 0.5) is 5.82 Å². The Bertz CT molecular complexity index is 968. The Kier molecular flexibility index (Phi) is 6.50. The summed E-state index contributed by atoms with van der Waals surface area (Å²) in [4.78, 5) is 26.5. The van der Waals surface area contributed by atoms with E-state index in [4.69, 9.17) is 9.26 Å². The monoisotopic (exact) mass is 525 g/mol. The third-order valence-electron chi connectivity index (χ3n) is 7.05. The number of piperidine rings is 3. The molecule has 1 aliphatic carbocycles. The lowest BCUT2D eigenvalue weighted by atomic mass is 9.83. The molecule has 32 heavy (non-hydrogen) atoms. The quantitative estimate of drug-likeness (QED) is 0.371. The zero-order valence-corrected chi connectivity index (χ0v) is 20.4. The Morgan fingerprint density at radius 3 is 2.69 bits per heavy atom. The third-order valence-corrected chi connectivity index (χ3v) is 8.05. The maximum Gasteiger partial charge on any atom is 0.344 e. The van der Waals surface area contributed by atoms with Crippen molar-refractivity contribution in [3.63, 3.8) is 0 Å². The fourth-order valence-corrected chi connectivity index (χ4v) is 6.07. The van der Waals surface area contributed by atoms with Crippen LogP contribution in [0.25, 0.3) is 0 Å². The summed E-state index contributed by atoms with van der Waals surface area (Å²) in [6, 6.07) is 5.35. The molecule has 0 aromatic carbocycles. The molecule has 4 fully saturated rings. The highest BCUT2D eigenvalue weighted by Crippen LogP contribution is 2.48. The molecule has 2 N–H and O–H groups in total. The number of nitrogens with zero attached hydrogens (tertiary/aromatic N) is 2. The normalized spacial score (nSPS) is 28.4. The van der Waals surface area contributed by atoms with Crippen LogP contribution in [0.15, 0.2) is 28.1 Å². The van der Waals surface area contributed by atoms with Crippen molar-refractivity contribution in [3.05, 3.63) is 34.2 Å². The predicted octanol–water partition coefficient (Wildman–Crippen LogP) is -0.563. The number of esters is 1. The van der Waals surface area contributed by atoms with Gasteiger partial charge in [0.25, 0.3) is 5.91 Å². The van der Waals surface area contributed by atoms with Crippen LogP contribution in [0, 0.1) is 18.8 Å². The minimum atomic E-state index is -1.55. The van der Waals surface area contributed by atoms with Gasteiger partial charge in [0.15, 0.2) is 24.1 Å². The van der Waals surface area contributed by atoms with Crippen LogP contribution in [0.5, 0.6) is 0 Å². The first-order valence-corrected chi connectivity index (χ1v) is 11.8. The molecule has 4 aliphatic rings. The number of hydrogen-bond donors (Lipinski definition) is 2. The molecule has 2 bridgehead atoms. The number of anilines is 1. The van der Waals surface area contributed by atoms with E-state index < -0.39 is 11.6 Å². The molecule has 5 heterocycles. The molecular weight excluding hydrogens is 498 g/mol. The van der Waals surface area contributed by atoms with Gasteiger partial charge in [0.2, 0.25) is 0 Å². The number of rotatable bonds is 7. The molecule has 0 radical (unpaired) electrons. The van der Waals surface area contributed by atoms with E-state index in [9.17, 15) is 14.7 Å². The second kappa shape index (κ2) is 8.89. The van der Waals surface area contributed by atoms with Gasteiger partial charge < -0.3 is 41.1 Å². The van der Waals surface area contributed by atoms with E-state index in [0.717, 1.165) is 38.8 Å².